The summed E-state index contributed by atoms with van der Waals surface area (Å²) in [6.45, 7) is 4.50. The van der Waals surface area contributed by atoms with Gasteiger partial charge in [0.15, 0.2) is 0 Å². The van der Waals surface area contributed by atoms with Crippen LogP contribution in [-0.4, -0.2) is 33.3 Å². The van der Waals surface area contributed by atoms with Gasteiger partial charge in [-0.2, -0.15) is 0 Å². The zero-order valence-corrected chi connectivity index (χ0v) is 18.0. The van der Waals surface area contributed by atoms with Crippen molar-refractivity contribution in [2.24, 2.45) is 0 Å². The van der Waals surface area contributed by atoms with Crippen LogP contribution in [0, 0.1) is 19.7 Å². The molecule has 4 N–H and O–H groups in total. The van der Waals surface area contributed by atoms with E-state index in [-0.39, 0.29) is 5.82 Å². The van der Waals surface area contributed by atoms with Crippen LogP contribution in [0.2, 0.25) is 0 Å². The van der Waals surface area contributed by atoms with Gasteiger partial charge < -0.3 is 15.6 Å². The third-order valence-corrected chi connectivity index (χ3v) is 5.80. The van der Waals surface area contributed by atoms with E-state index in [0.29, 0.717) is 46.9 Å². The number of nitrogens with zero attached hydrogens (tertiary/aromatic N) is 2. The number of hydrogen-bond acceptors (Lipinski definition) is 6. The number of rotatable bonds is 6. The molecule has 0 saturated heterocycles. The minimum Gasteiger partial charge on any atom is -0.370 e. The Balaban J connectivity index is 1.32. The van der Waals surface area contributed by atoms with E-state index in [1.54, 1.807) is 30.3 Å². The summed E-state index contributed by atoms with van der Waals surface area (Å²) in [6, 6.07) is 10.0. The molecular weight excluding hydrogens is 423 g/mol. The van der Waals surface area contributed by atoms with E-state index in [1.807, 2.05) is 13.8 Å². The highest BCUT2D eigenvalue weighted by Crippen LogP contribution is 2.29. The lowest BCUT2D eigenvalue weighted by Gasteiger charge is -2.11. The molecule has 166 valence electrons. The third kappa shape index (κ3) is 3.67. The smallest absolute Gasteiger partial charge is 0.261 e. The van der Waals surface area contributed by atoms with Gasteiger partial charge in [-0.25, -0.2) is 14.4 Å². The van der Waals surface area contributed by atoms with Crippen molar-refractivity contribution >= 4 is 40.0 Å². The van der Waals surface area contributed by atoms with Crippen molar-refractivity contribution in [2.45, 2.75) is 20.3 Å². The quantitative estimate of drug-likeness (QED) is 0.335. The number of aromatic nitrogens is 3. The maximum atomic E-state index is 14.2. The van der Waals surface area contributed by atoms with Gasteiger partial charge in [0.05, 0.1) is 22.3 Å². The van der Waals surface area contributed by atoms with Gasteiger partial charge >= 0.3 is 0 Å². The summed E-state index contributed by atoms with van der Waals surface area (Å²) in [5.74, 6) is -0.0276. The first-order valence-corrected chi connectivity index (χ1v) is 10.5. The predicted octanol–water partition coefficient (Wildman–Crippen LogP) is 4.00. The third-order valence-electron chi connectivity index (χ3n) is 5.80. The Morgan fingerprint density at radius 1 is 1.03 bits per heavy atom. The number of benzene rings is 2. The van der Waals surface area contributed by atoms with Crippen LogP contribution in [0.4, 0.5) is 21.7 Å². The Hall–Kier alpha value is -4.27. The second kappa shape index (κ2) is 8.01. The van der Waals surface area contributed by atoms with Gasteiger partial charge in [0, 0.05) is 23.7 Å². The van der Waals surface area contributed by atoms with E-state index in [1.165, 1.54) is 12.4 Å². The maximum absolute atomic E-state index is 14.2. The van der Waals surface area contributed by atoms with Crippen LogP contribution in [-0.2, 0) is 6.42 Å². The van der Waals surface area contributed by atoms with Crippen LogP contribution in [0.3, 0.4) is 0 Å². The molecule has 1 aliphatic rings. The first kappa shape index (κ1) is 20.6. The highest BCUT2D eigenvalue weighted by molar-refractivity contribution is 6.24. The van der Waals surface area contributed by atoms with Crippen molar-refractivity contribution in [1.82, 2.24) is 20.3 Å². The lowest BCUT2D eigenvalue weighted by atomic mass is 10.0. The van der Waals surface area contributed by atoms with Crippen molar-refractivity contribution in [2.75, 3.05) is 17.2 Å². The molecule has 4 aromatic rings. The Morgan fingerprint density at radius 3 is 2.70 bits per heavy atom. The number of carbonyl (C=O) groups excluding carboxylic acids is 2. The average Bonchev–Trinajstić information content (AvgIpc) is 3.28. The first-order chi connectivity index (χ1) is 15.9. The molecule has 0 unspecified atom stereocenters. The molecule has 2 aromatic carbocycles. The van der Waals surface area contributed by atoms with Gasteiger partial charge in [0.2, 0.25) is 0 Å². The average molecular weight is 444 g/mol. The summed E-state index contributed by atoms with van der Waals surface area (Å²) in [6.07, 6.45) is 2.09. The van der Waals surface area contributed by atoms with E-state index < -0.39 is 11.8 Å². The second-order valence-corrected chi connectivity index (χ2v) is 7.94. The molecule has 2 aromatic heterocycles. The summed E-state index contributed by atoms with van der Waals surface area (Å²) in [4.78, 5) is 35.6. The van der Waals surface area contributed by atoms with Gasteiger partial charge in [-0.1, -0.05) is 12.1 Å². The molecule has 0 spiro atoms. The largest absolute Gasteiger partial charge is 0.370 e. The van der Waals surface area contributed by atoms with Crippen molar-refractivity contribution in [3.05, 3.63) is 76.5 Å². The number of halogens is 1. The zero-order valence-electron chi connectivity index (χ0n) is 18.0. The van der Waals surface area contributed by atoms with Gasteiger partial charge in [0.25, 0.3) is 11.8 Å². The van der Waals surface area contributed by atoms with Gasteiger partial charge in [-0.05, 0) is 49.6 Å². The number of fused-ring (bicyclic) bond motifs is 2. The molecule has 2 amide bonds. The number of carbonyl (C=O) groups is 2. The molecule has 5 rings (SSSR count). The molecule has 3 heterocycles. The van der Waals surface area contributed by atoms with Crippen LogP contribution in [0.1, 0.15) is 37.5 Å². The topological polar surface area (TPSA) is 112 Å². The van der Waals surface area contributed by atoms with Crippen LogP contribution >= 0.6 is 0 Å². The van der Waals surface area contributed by atoms with Crippen LogP contribution < -0.4 is 16.0 Å². The Kier molecular flexibility index (Phi) is 5.01. The Labute approximate surface area is 188 Å². The fourth-order valence-electron chi connectivity index (χ4n) is 4.25. The number of aromatic amines is 1. The van der Waals surface area contributed by atoms with Crippen LogP contribution in [0.25, 0.3) is 10.9 Å². The number of H-pyrrole nitrogens is 1. The molecule has 9 heteroatoms. The highest BCUT2D eigenvalue weighted by Gasteiger charge is 2.29. The molecule has 33 heavy (non-hydrogen) atoms. The fourth-order valence-corrected chi connectivity index (χ4v) is 4.25. The summed E-state index contributed by atoms with van der Waals surface area (Å²) in [5, 5.41) is 9.58. The summed E-state index contributed by atoms with van der Waals surface area (Å²) in [7, 11) is 0. The van der Waals surface area contributed by atoms with Gasteiger partial charge in [0.1, 0.15) is 23.8 Å². The Morgan fingerprint density at radius 2 is 1.85 bits per heavy atom. The fraction of sp³-hybridized carbons (Fsp3) is 0.167. The maximum Gasteiger partial charge on any atom is 0.261 e. The van der Waals surface area contributed by atoms with E-state index in [9.17, 15) is 14.0 Å². The number of imide groups is 1. The molecule has 0 aliphatic carbocycles. The summed E-state index contributed by atoms with van der Waals surface area (Å²) in [5.41, 5.74) is 4.69. The second-order valence-electron chi connectivity index (χ2n) is 7.94. The lowest BCUT2D eigenvalue weighted by molar-refractivity contribution is 0.0880. The minimum absolute atomic E-state index is 0.257. The number of nitrogens with one attached hydrogen (secondary N) is 4. The first-order valence-electron chi connectivity index (χ1n) is 10.5. The summed E-state index contributed by atoms with van der Waals surface area (Å²) < 4.78 is 14.2. The van der Waals surface area contributed by atoms with Gasteiger partial charge in [-0.15, -0.1) is 0 Å². The predicted molar refractivity (Wildman–Crippen MR) is 123 cm³/mol. The number of aryl methyl sites for hydroxylation is 2. The standard InChI is InChI=1S/C24H21FN6O2/c1-12-6-7-16(25)22-20(12)14(13(2)29-22)8-9-26-18-10-19(28-11-27-18)30-17-5-3-4-15-21(17)24(33)31-23(15)32/h3-7,10-11,29H,8-9H2,1-2H3,(H,31,32,33)(H2,26,27,28,30). The number of anilines is 3. The van der Waals surface area contributed by atoms with Crippen molar-refractivity contribution < 1.29 is 14.0 Å². The molecule has 0 fully saturated rings. The van der Waals surface area contributed by atoms with Crippen LogP contribution in [0.15, 0.2) is 42.7 Å². The molecule has 0 saturated carbocycles. The van der Waals surface area contributed by atoms with Crippen molar-refractivity contribution in [3.8, 4) is 0 Å². The SMILES string of the molecule is Cc1[nH]c2c(F)ccc(C)c2c1CCNc1cc(Nc2cccc3c2C(=O)NC3=O)ncn1. The lowest BCUT2D eigenvalue weighted by Crippen LogP contribution is -2.20. The van der Waals surface area contributed by atoms with E-state index >= 15 is 0 Å². The summed E-state index contributed by atoms with van der Waals surface area (Å²) >= 11 is 0. The molecule has 0 radical (unpaired) electrons. The van der Waals surface area contributed by atoms with Crippen molar-refractivity contribution in [3.63, 3.8) is 0 Å². The molecule has 8 nitrogen and oxygen atoms in total. The number of hydrogen-bond donors (Lipinski definition) is 4. The van der Waals surface area contributed by atoms with Gasteiger partial charge in [-0.3, -0.25) is 14.9 Å². The monoisotopic (exact) mass is 444 g/mol. The number of amides is 2. The Bertz CT molecular complexity index is 1430. The normalized spacial score (nSPS) is 12.7. The zero-order chi connectivity index (χ0) is 23.1. The van der Waals surface area contributed by atoms with E-state index in [2.05, 4.69) is 30.9 Å². The highest BCUT2D eigenvalue weighted by atomic mass is 19.1. The minimum atomic E-state index is -0.439. The van der Waals surface area contributed by atoms with Crippen LogP contribution in [0.5, 0.6) is 0 Å². The van der Waals surface area contributed by atoms with E-state index in [0.717, 1.165) is 22.2 Å². The molecule has 0 atom stereocenters. The van der Waals surface area contributed by atoms with Crippen molar-refractivity contribution in [1.29, 1.82) is 0 Å². The molecule has 0 bridgehead atoms. The van der Waals surface area contributed by atoms with E-state index in [4.69, 9.17) is 0 Å². The molecular formula is C24H21FN6O2. The molecule has 1 aliphatic heterocycles.